The molecule has 0 aromatic heterocycles. The number of carbonyl (C=O) groups is 1. The SMILES string of the molecule is CN(Cc1ccc(C(=O)Nc2ccccc2Cl)cc1)S(=O)(=O)c1ccccc1. The maximum atomic E-state index is 12.6. The molecule has 1 N–H and O–H groups in total. The van der Waals surface area contributed by atoms with Gasteiger partial charge in [-0.2, -0.15) is 4.31 Å². The molecule has 0 atom stereocenters. The van der Waals surface area contributed by atoms with Gasteiger partial charge in [-0.05, 0) is 42.0 Å². The summed E-state index contributed by atoms with van der Waals surface area (Å²) >= 11 is 6.05. The van der Waals surface area contributed by atoms with Gasteiger partial charge in [0.1, 0.15) is 0 Å². The lowest BCUT2D eigenvalue weighted by Gasteiger charge is -2.17. The summed E-state index contributed by atoms with van der Waals surface area (Å²) in [6.45, 7) is 0.198. The zero-order chi connectivity index (χ0) is 20.1. The van der Waals surface area contributed by atoms with Gasteiger partial charge in [0.05, 0.1) is 15.6 Å². The predicted octanol–water partition coefficient (Wildman–Crippen LogP) is 4.41. The van der Waals surface area contributed by atoms with Crippen molar-refractivity contribution in [1.29, 1.82) is 0 Å². The van der Waals surface area contributed by atoms with E-state index in [0.717, 1.165) is 5.56 Å². The normalized spacial score (nSPS) is 11.4. The highest BCUT2D eigenvalue weighted by atomic mass is 35.5. The summed E-state index contributed by atoms with van der Waals surface area (Å²) < 4.78 is 26.5. The standard InChI is InChI=1S/C21H19ClN2O3S/c1-24(28(26,27)18-7-3-2-4-8-18)15-16-11-13-17(14-12-16)21(25)23-20-10-6-5-9-19(20)22/h2-14H,15H2,1H3,(H,23,25). The zero-order valence-corrected chi connectivity index (χ0v) is 16.7. The van der Waals surface area contributed by atoms with Crippen LogP contribution in [0.4, 0.5) is 5.69 Å². The summed E-state index contributed by atoms with van der Waals surface area (Å²) in [5.41, 5.74) is 1.76. The third-order valence-corrected chi connectivity index (χ3v) is 6.34. The Morgan fingerprint density at radius 2 is 1.54 bits per heavy atom. The maximum Gasteiger partial charge on any atom is 0.255 e. The molecule has 144 valence electrons. The Bertz CT molecular complexity index is 1070. The maximum absolute atomic E-state index is 12.6. The van der Waals surface area contributed by atoms with Crippen LogP contribution in [-0.4, -0.2) is 25.7 Å². The van der Waals surface area contributed by atoms with Crippen molar-refractivity contribution in [3.05, 3.63) is 95.0 Å². The first kappa shape index (κ1) is 20.1. The molecule has 0 heterocycles. The van der Waals surface area contributed by atoms with Gasteiger partial charge in [-0.25, -0.2) is 8.42 Å². The van der Waals surface area contributed by atoms with E-state index in [-0.39, 0.29) is 17.3 Å². The monoisotopic (exact) mass is 414 g/mol. The van der Waals surface area contributed by atoms with E-state index in [1.54, 1.807) is 78.9 Å². The molecular weight excluding hydrogens is 396 g/mol. The first-order valence-corrected chi connectivity index (χ1v) is 10.4. The number of sulfonamides is 1. The minimum atomic E-state index is -3.57. The summed E-state index contributed by atoms with van der Waals surface area (Å²) in [5.74, 6) is -0.287. The molecule has 28 heavy (non-hydrogen) atoms. The summed E-state index contributed by atoms with van der Waals surface area (Å²) in [7, 11) is -2.04. The van der Waals surface area contributed by atoms with E-state index in [2.05, 4.69) is 5.32 Å². The average Bonchev–Trinajstić information content (AvgIpc) is 2.71. The third-order valence-electron chi connectivity index (χ3n) is 4.19. The number of amides is 1. The number of carbonyl (C=O) groups excluding carboxylic acids is 1. The molecule has 0 spiro atoms. The van der Waals surface area contributed by atoms with Crippen LogP contribution >= 0.6 is 11.6 Å². The van der Waals surface area contributed by atoms with Gasteiger partial charge < -0.3 is 5.32 Å². The Morgan fingerprint density at radius 1 is 0.929 bits per heavy atom. The fraction of sp³-hybridized carbons (Fsp3) is 0.0952. The molecule has 1 amide bonds. The number of anilines is 1. The molecule has 0 bridgehead atoms. The molecule has 3 rings (SSSR count). The number of rotatable bonds is 6. The number of hydrogen-bond donors (Lipinski definition) is 1. The molecule has 3 aromatic carbocycles. The molecule has 0 saturated heterocycles. The van der Waals surface area contributed by atoms with Crippen LogP contribution in [0.15, 0.2) is 83.8 Å². The second-order valence-electron chi connectivity index (χ2n) is 6.21. The lowest BCUT2D eigenvalue weighted by atomic mass is 10.1. The highest BCUT2D eigenvalue weighted by Gasteiger charge is 2.20. The van der Waals surface area contributed by atoms with Crippen LogP contribution in [0.3, 0.4) is 0 Å². The van der Waals surface area contributed by atoms with Crippen molar-refractivity contribution >= 4 is 33.2 Å². The van der Waals surface area contributed by atoms with Crippen molar-refractivity contribution in [2.45, 2.75) is 11.4 Å². The zero-order valence-electron chi connectivity index (χ0n) is 15.2. The largest absolute Gasteiger partial charge is 0.321 e. The van der Waals surface area contributed by atoms with E-state index in [9.17, 15) is 13.2 Å². The first-order chi connectivity index (χ1) is 13.4. The fourth-order valence-electron chi connectivity index (χ4n) is 2.63. The molecule has 3 aromatic rings. The average molecular weight is 415 g/mol. The van der Waals surface area contributed by atoms with E-state index in [1.165, 1.54) is 11.4 Å². The van der Waals surface area contributed by atoms with Gasteiger partial charge in [0.25, 0.3) is 5.91 Å². The van der Waals surface area contributed by atoms with Gasteiger partial charge in [-0.15, -0.1) is 0 Å². The lowest BCUT2D eigenvalue weighted by molar-refractivity contribution is 0.102. The van der Waals surface area contributed by atoms with Crippen molar-refractivity contribution in [3.63, 3.8) is 0 Å². The summed E-state index contributed by atoms with van der Waals surface area (Å²) in [5, 5.41) is 3.21. The van der Waals surface area contributed by atoms with Crippen molar-refractivity contribution in [3.8, 4) is 0 Å². The number of nitrogens with one attached hydrogen (secondary N) is 1. The Hall–Kier alpha value is -2.67. The minimum absolute atomic E-state index is 0.198. The topological polar surface area (TPSA) is 66.5 Å². The predicted molar refractivity (Wildman–Crippen MR) is 111 cm³/mol. The highest BCUT2D eigenvalue weighted by Crippen LogP contribution is 2.21. The van der Waals surface area contributed by atoms with Gasteiger partial charge in [0, 0.05) is 19.2 Å². The van der Waals surface area contributed by atoms with Gasteiger partial charge in [0.2, 0.25) is 10.0 Å². The van der Waals surface area contributed by atoms with Crippen molar-refractivity contribution in [1.82, 2.24) is 4.31 Å². The van der Waals surface area contributed by atoms with Gasteiger partial charge in [-0.3, -0.25) is 4.79 Å². The Kier molecular flexibility index (Phi) is 6.14. The molecule has 0 fully saturated rings. The van der Waals surface area contributed by atoms with Crippen LogP contribution in [0.2, 0.25) is 5.02 Å². The van der Waals surface area contributed by atoms with Gasteiger partial charge >= 0.3 is 0 Å². The Labute approximate surface area is 169 Å². The molecule has 0 radical (unpaired) electrons. The number of halogens is 1. The molecule has 0 aliphatic rings. The molecule has 0 aliphatic carbocycles. The van der Waals surface area contributed by atoms with Crippen LogP contribution in [0.1, 0.15) is 15.9 Å². The Balaban J connectivity index is 1.69. The van der Waals surface area contributed by atoms with Gasteiger partial charge in [-0.1, -0.05) is 54.1 Å². The van der Waals surface area contributed by atoms with Crippen molar-refractivity contribution in [2.75, 3.05) is 12.4 Å². The number of para-hydroxylation sites is 1. The van der Waals surface area contributed by atoms with Crippen molar-refractivity contribution in [2.24, 2.45) is 0 Å². The van der Waals surface area contributed by atoms with E-state index in [1.807, 2.05) is 0 Å². The molecule has 5 nitrogen and oxygen atoms in total. The molecular formula is C21H19ClN2O3S. The third kappa shape index (κ3) is 4.59. The smallest absolute Gasteiger partial charge is 0.255 e. The van der Waals surface area contributed by atoms with E-state index >= 15 is 0 Å². The molecule has 0 aliphatic heterocycles. The van der Waals surface area contributed by atoms with Crippen molar-refractivity contribution < 1.29 is 13.2 Å². The highest BCUT2D eigenvalue weighted by molar-refractivity contribution is 7.89. The second kappa shape index (κ2) is 8.56. The first-order valence-electron chi connectivity index (χ1n) is 8.54. The van der Waals surface area contributed by atoms with E-state index < -0.39 is 10.0 Å². The van der Waals surface area contributed by atoms with Gasteiger partial charge in [0.15, 0.2) is 0 Å². The summed E-state index contributed by atoms with van der Waals surface area (Å²) in [6.07, 6.45) is 0. The Morgan fingerprint density at radius 3 is 2.18 bits per heavy atom. The fourth-order valence-corrected chi connectivity index (χ4v) is 4.00. The summed E-state index contributed by atoms with van der Waals surface area (Å²) in [4.78, 5) is 12.6. The minimum Gasteiger partial charge on any atom is -0.321 e. The number of benzene rings is 3. The van der Waals surface area contributed by atoms with Crippen LogP contribution in [0.25, 0.3) is 0 Å². The van der Waals surface area contributed by atoms with Crippen LogP contribution < -0.4 is 5.32 Å². The van der Waals surface area contributed by atoms with Crippen LogP contribution in [0, 0.1) is 0 Å². The quantitative estimate of drug-likeness (QED) is 0.649. The second-order valence-corrected chi connectivity index (χ2v) is 8.66. The molecule has 0 saturated carbocycles. The van der Waals surface area contributed by atoms with E-state index in [4.69, 9.17) is 11.6 Å². The number of nitrogens with zero attached hydrogens (tertiary/aromatic N) is 1. The number of hydrogen-bond acceptors (Lipinski definition) is 3. The lowest BCUT2D eigenvalue weighted by Crippen LogP contribution is -2.26. The van der Waals surface area contributed by atoms with Crippen LogP contribution in [-0.2, 0) is 16.6 Å². The van der Waals surface area contributed by atoms with Crippen LogP contribution in [0.5, 0.6) is 0 Å². The summed E-state index contributed by atoms with van der Waals surface area (Å²) in [6, 6.07) is 22.0. The molecule has 0 unspecified atom stereocenters. The molecule has 7 heteroatoms. The van der Waals surface area contributed by atoms with E-state index in [0.29, 0.717) is 16.3 Å².